The molecule has 0 bridgehead atoms. The number of likely N-dealkylation sites (tertiary alicyclic amines) is 1. The Morgan fingerprint density at radius 2 is 2.15 bits per heavy atom. The van der Waals surface area contributed by atoms with Crippen LogP contribution in [-0.2, 0) is 0 Å². The first kappa shape index (κ1) is 20.0. The molecule has 20 heavy (non-hydrogen) atoms. The van der Waals surface area contributed by atoms with Crippen LogP contribution in [-0.4, -0.2) is 62.6 Å². The molecule has 0 amide bonds. The number of nitrogens with one attached hydrogen (secondary N) is 1. The van der Waals surface area contributed by atoms with Gasteiger partial charge in [-0.3, -0.25) is 4.99 Å². The number of unbranched alkanes of at least 4 members (excludes halogenated alkanes) is 1. The maximum atomic E-state index is 4.83. The number of hydrogen-bond donors (Lipinski definition) is 1. The number of rotatable bonds is 6. The second kappa shape index (κ2) is 11.6. The molecule has 0 aromatic heterocycles. The Morgan fingerprint density at radius 3 is 2.75 bits per heavy atom. The van der Waals surface area contributed by atoms with Crippen LogP contribution in [0.15, 0.2) is 4.99 Å². The third kappa shape index (κ3) is 7.67. The summed E-state index contributed by atoms with van der Waals surface area (Å²) in [6.07, 6.45) is 5.11. The summed E-state index contributed by atoms with van der Waals surface area (Å²) in [4.78, 5) is 9.52. The van der Waals surface area contributed by atoms with Crippen molar-refractivity contribution >= 4 is 29.9 Å². The number of nitrogens with zero attached hydrogens (tertiary/aromatic N) is 3. The Balaban J connectivity index is 0.00000361. The molecule has 1 N–H and O–H groups in total. The van der Waals surface area contributed by atoms with Crippen molar-refractivity contribution in [3.05, 3.63) is 0 Å². The van der Waals surface area contributed by atoms with Gasteiger partial charge in [-0.05, 0) is 45.7 Å². The number of guanidine groups is 1. The van der Waals surface area contributed by atoms with Crippen molar-refractivity contribution in [2.45, 2.75) is 39.5 Å². The number of aliphatic imine (C=N–C) groups is 1. The fraction of sp³-hybridized carbons (Fsp3) is 0.933. The number of halogens is 1. The molecule has 4 nitrogen and oxygen atoms in total. The van der Waals surface area contributed by atoms with E-state index < -0.39 is 0 Å². The van der Waals surface area contributed by atoms with E-state index >= 15 is 0 Å². The first-order chi connectivity index (χ1) is 9.17. The summed E-state index contributed by atoms with van der Waals surface area (Å²) < 4.78 is 0. The van der Waals surface area contributed by atoms with E-state index in [1.54, 1.807) is 0 Å². The first-order valence-electron chi connectivity index (χ1n) is 7.85. The van der Waals surface area contributed by atoms with Crippen LogP contribution in [0.4, 0.5) is 0 Å². The largest absolute Gasteiger partial charge is 0.357 e. The van der Waals surface area contributed by atoms with E-state index in [2.05, 4.69) is 43.1 Å². The van der Waals surface area contributed by atoms with Crippen LogP contribution in [0.1, 0.15) is 39.5 Å². The van der Waals surface area contributed by atoms with Crippen molar-refractivity contribution in [2.24, 2.45) is 10.9 Å². The number of hydrogen-bond acceptors (Lipinski definition) is 2. The van der Waals surface area contributed by atoms with E-state index in [1.807, 2.05) is 0 Å². The van der Waals surface area contributed by atoms with Crippen molar-refractivity contribution in [1.82, 2.24) is 15.1 Å². The Labute approximate surface area is 142 Å². The average Bonchev–Trinajstić information content (AvgIpc) is 2.41. The van der Waals surface area contributed by atoms with Gasteiger partial charge in [0.15, 0.2) is 5.96 Å². The molecule has 0 spiro atoms. The molecule has 0 aromatic carbocycles. The Morgan fingerprint density at radius 1 is 1.40 bits per heavy atom. The highest BCUT2D eigenvalue weighted by molar-refractivity contribution is 14.0. The maximum Gasteiger partial charge on any atom is 0.193 e. The van der Waals surface area contributed by atoms with Gasteiger partial charge in [-0.1, -0.05) is 13.3 Å². The predicted molar refractivity (Wildman–Crippen MR) is 99.2 cm³/mol. The molecular weight excluding hydrogens is 363 g/mol. The van der Waals surface area contributed by atoms with E-state index in [4.69, 9.17) is 4.99 Å². The van der Waals surface area contributed by atoms with E-state index in [1.165, 1.54) is 38.8 Å². The quantitative estimate of drug-likeness (QED) is 0.426. The Bertz CT molecular complexity index is 271. The molecule has 1 fully saturated rings. The molecule has 0 aliphatic carbocycles. The van der Waals surface area contributed by atoms with Crippen LogP contribution in [0.25, 0.3) is 0 Å². The van der Waals surface area contributed by atoms with Gasteiger partial charge < -0.3 is 15.1 Å². The fourth-order valence-corrected chi connectivity index (χ4v) is 2.61. The van der Waals surface area contributed by atoms with Gasteiger partial charge in [0.2, 0.25) is 0 Å². The zero-order valence-electron chi connectivity index (χ0n) is 13.7. The molecular formula is C15H33IN4. The standard InChI is InChI=1S/C15H32N4.HI/c1-5-7-11-19(4)15(16-6-2)17-12-14-9-8-10-18(3)13-14;/h14H,5-13H2,1-4H3,(H,16,17);1H. The lowest BCUT2D eigenvalue weighted by Crippen LogP contribution is -2.40. The Kier molecular flexibility index (Phi) is 11.6. The normalized spacial score (nSPS) is 20.4. The Hall–Kier alpha value is -0.0400. The molecule has 1 aliphatic heterocycles. The molecule has 0 aromatic rings. The van der Waals surface area contributed by atoms with Gasteiger partial charge in [0.25, 0.3) is 0 Å². The second-order valence-electron chi connectivity index (χ2n) is 5.74. The van der Waals surface area contributed by atoms with Gasteiger partial charge in [-0.2, -0.15) is 0 Å². The van der Waals surface area contributed by atoms with Crippen LogP contribution in [0.3, 0.4) is 0 Å². The highest BCUT2D eigenvalue weighted by Gasteiger charge is 2.17. The van der Waals surface area contributed by atoms with Crippen LogP contribution >= 0.6 is 24.0 Å². The molecule has 1 heterocycles. The second-order valence-corrected chi connectivity index (χ2v) is 5.74. The molecule has 1 saturated heterocycles. The molecule has 120 valence electrons. The van der Waals surface area contributed by atoms with Crippen molar-refractivity contribution in [3.63, 3.8) is 0 Å². The predicted octanol–water partition coefficient (Wildman–Crippen LogP) is 2.64. The summed E-state index contributed by atoms with van der Waals surface area (Å²) in [5.74, 6) is 1.80. The van der Waals surface area contributed by atoms with Gasteiger partial charge in [-0.15, -0.1) is 24.0 Å². The minimum atomic E-state index is 0. The van der Waals surface area contributed by atoms with Gasteiger partial charge in [0.05, 0.1) is 0 Å². The van der Waals surface area contributed by atoms with Crippen molar-refractivity contribution in [2.75, 3.05) is 46.8 Å². The lowest BCUT2D eigenvalue weighted by molar-refractivity contribution is 0.214. The summed E-state index contributed by atoms with van der Waals surface area (Å²) in [7, 11) is 4.36. The molecule has 0 saturated carbocycles. The molecule has 1 atom stereocenters. The van der Waals surface area contributed by atoms with E-state index in [9.17, 15) is 0 Å². The minimum Gasteiger partial charge on any atom is -0.357 e. The smallest absolute Gasteiger partial charge is 0.193 e. The highest BCUT2D eigenvalue weighted by atomic mass is 127. The summed E-state index contributed by atoms with van der Waals surface area (Å²) in [6.45, 7) is 9.81. The lowest BCUT2D eigenvalue weighted by Gasteiger charge is -2.29. The SMILES string of the molecule is CCCCN(C)C(=NCC1CCCN(C)C1)NCC.I. The molecule has 1 unspecified atom stereocenters. The van der Waals surface area contributed by atoms with E-state index in [0.717, 1.165) is 31.5 Å². The van der Waals surface area contributed by atoms with E-state index in [0.29, 0.717) is 0 Å². The molecule has 0 radical (unpaired) electrons. The zero-order chi connectivity index (χ0) is 14.1. The lowest BCUT2D eigenvalue weighted by atomic mass is 9.99. The van der Waals surface area contributed by atoms with Crippen molar-refractivity contribution in [3.8, 4) is 0 Å². The topological polar surface area (TPSA) is 30.9 Å². The first-order valence-corrected chi connectivity index (χ1v) is 7.85. The van der Waals surface area contributed by atoms with Gasteiger partial charge in [-0.25, -0.2) is 0 Å². The highest BCUT2D eigenvalue weighted by Crippen LogP contribution is 2.15. The summed E-state index contributed by atoms with van der Waals surface area (Å²) in [5, 5.41) is 3.40. The van der Waals surface area contributed by atoms with Gasteiger partial charge in [0, 0.05) is 33.2 Å². The monoisotopic (exact) mass is 396 g/mol. The summed E-state index contributed by atoms with van der Waals surface area (Å²) >= 11 is 0. The van der Waals surface area contributed by atoms with Gasteiger partial charge >= 0.3 is 0 Å². The van der Waals surface area contributed by atoms with Gasteiger partial charge in [0.1, 0.15) is 0 Å². The minimum absolute atomic E-state index is 0. The van der Waals surface area contributed by atoms with Crippen LogP contribution in [0.2, 0.25) is 0 Å². The van der Waals surface area contributed by atoms with Crippen molar-refractivity contribution < 1.29 is 0 Å². The summed E-state index contributed by atoms with van der Waals surface area (Å²) in [6, 6.07) is 0. The average molecular weight is 396 g/mol. The molecule has 1 aliphatic rings. The zero-order valence-corrected chi connectivity index (χ0v) is 16.0. The van der Waals surface area contributed by atoms with Crippen LogP contribution < -0.4 is 5.32 Å². The fourth-order valence-electron chi connectivity index (χ4n) is 2.61. The molecule has 1 rings (SSSR count). The summed E-state index contributed by atoms with van der Waals surface area (Å²) in [5.41, 5.74) is 0. The third-order valence-corrected chi connectivity index (χ3v) is 3.76. The van der Waals surface area contributed by atoms with E-state index in [-0.39, 0.29) is 24.0 Å². The van der Waals surface area contributed by atoms with Crippen LogP contribution in [0.5, 0.6) is 0 Å². The number of piperidine rings is 1. The molecule has 5 heteroatoms. The maximum absolute atomic E-state index is 4.83. The van der Waals surface area contributed by atoms with Crippen molar-refractivity contribution in [1.29, 1.82) is 0 Å². The third-order valence-electron chi connectivity index (χ3n) is 3.76. The van der Waals surface area contributed by atoms with Crippen LogP contribution in [0, 0.1) is 5.92 Å².